The van der Waals surface area contributed by atoms with E-state index in [0.29, 0.717) is 21.8 Å². The van der Waals surface area contributed by atoms with Gasteiger partial charge in [0.1, 0.15) is 5.82 Å². The highest BCUT2D eigenvalue weighted by molar-refractivity contribution is 7.16. The Hall–Kier alpha value is -5.35. The van der Waals surface area contributed by atoms with Gasteiger partial charge >= 0.3 is 17.8 Å². The smallest absolute Gasteiger partial charge is 0.347 e. The van der Waals surface area contributed by atoms with E-state index in [-0.39, 0.29) is 32.6 Å². The zero-order chi connectivity index (χ0) is 36.7. The first-order chi connectivity index (χ1) is 24.8. The van der Waals surface area contributed by atoms with Crippen LogP contribution in [0.5, 0.6) is 0 Å². The van der Waals surface area contributed by atoms with Crippen LogP contribution in [0.3, 0.4) is 0 Å². The Morgan fingerprint density at radius 3 is 1.79 bits per heavy atom. The van der Waals surface area contributed by atoms with Gasteiger partial charge in [-0.15, -0.1) is 11.3 Å². The van der Waals surface area contributed by atoms with Gasteiger partial charge in [-0.05, 0) is 38.0 Å². The summed E-state index contributed by atoms with van der Waals surface area (Å²) in [5.41, 5.74) is 2.55. The van der Waals surface area contributed by atoms with Gasteiger partial charge in [0.2, 0.25) is 0 Å². The number of hydrogen-bond acceptors (Lipinski definition) is 2. The fourth-order valence-electron chi connectivity index (χ4n) is 7.43. The van der Waals surface area contributed by atoms with Crippen molar-refractivity contribution in [2.75, 3.05) is 0 Å². The summed E-state index contributed by atoms with van der Waals surface area (Å²) >= 11 is 1.11. The number of allylic oxidation sites excluding steroid dienone is 2. The fourth-order valence-corrected chi connectivity index (χ4v) is 8.60. The molecule has 3 heterocycles. The molecule has 1 aliphatic carbocycles. The topological polar surface area (TPSA) is 33.6 Å². The molecule has 4 aromatic carbocycles. The van der Waals surface area contributed by atoms with E-state index in [4.69, 9.17) is 4.98 Å². The number of H-pyrrole nitrogens is 1. The van der Waals surface area contributed by atoms with E-state index >= 15 is 26.3 Å². The van der Waals surface area contributed by atoms with Crippen LogP contribution in [0.25, 0.3) is 66.4 Å². The molecular weight excluding hydrogens is 693 g/mol. The van der Waals surface area contributed by atoms with Crippen molar-refractivity contribution in [3.8, 4) is 44.3 Å². The van der Waals surface area contributed by atoms with Crippen molar-refractivity contribution in [3.63, 3.8) is 0 Å². The number of benzene rings is 4. The zero-order valence-corrected chi connectivity index (χ0v) is 29.3. The summed E-state index contributed by atoms with van der Waals surface area (Å²) in [4.78, 5) is 9.15. The Labute approximate surface area is 299 Å². The molecule has 262 valence electrons. The van der Waals surface area contributed by atoms with Crippen LogP contribution >= 0.6 is 11.3 Å². The number of imidazole rings is 1. The molecule has 10 heteroatoms. The number of rotatable bonds is 6. The quantitative estimate of drug-likeness (QED) is 0.170. The predicted molar refractivity (Wildman–Crippen MR) is 197 cm³/mol. The monoisotopic (exact) mass is 723 g/mol. The highest BCUT2D eigenvalue weighted by Gasteiger charge is 2.80. The molecule has 8 rings (SSSR count). The molecule has 0 atom stereocenters. The first kappa shape index (κ1) is 33.8. The van der Waals surface area contributed by atoms with Gasteiger partial charge in [0.25, 0.3) is 0 Å². The normalized spacial score (nSPS) is 16.3. The van der Waals surface area contributed by atoms with E-state index in [1.54, 1.807) is 41.9 Å². The first-order valence-electron chi connectivity index (χ1n) is 16.6. The van der Waals surface area contributed by atoms with Crippen molar-refractivity contribution in [1.29, 1.82) is 0 Å². The first-order valence-corrected chi connectivity index (χ1v) is 17.4. The SMILES string of the molecule is Cc1sc(-c2ccc(-c3nc(-c4ccccc4)c(-c4ccccc4)[nH]3)cc2)c(C)c1C1=C(c2c(C)n(C)c3ccccc23)C(F)(F)C(F)(F)C1(F)F. The van der Waals surface area contributed by atoms with E-state index < -0.39 is 28.9 Å². The lowest BCUT2D eigenvalue weighted by molar-refractivity contribution is -0.254. The number of aromatic amines is 1. The van der Waals surface area contributed by atoms with Crippen molar-refractivity contribution in [2.45, 2.75) is 38.5 Å². The van der Waals surface area contributed by atoms with Crippen LogP contribution in [0.15, 0.2) is 109 Å². The maximum absolute atomic E-state index is 16.0. The lowest BCUT2D eigenvalue weighted by Gasteiger charge is -2.26. The van der Waals surface area contributed by atoms with Crippen LogP contribution in [0.1, 0.15) is 27.3 Å². The summed E-state index contributed by atoms with van der Waals surface area (Å²) in [6, 6.07) is 33.3. The summed E-state index contributed by atoms with van der Waals surface area (Å²) in [6.45, 7) is 4.52. The Balaban J connectivity index is 1.26. The number of alkyl halides is 6. The maximum atomic E-state index is 16.0. The largest absolute Gasteiger partial charge is 0.380 e. The Kier molecular flexibility index (Phi) is 7.69. The van der Waals surface area contributed by atoms with Gasteiger partial charge in [0.15, 0.2) is 0 Å². The van der Waals surface area contributed by atoms with Crippen LogP contribution in [-0.4, -0.2) is 32.3 Å². The van der Waals surface area contributed by atoms with Gasteiger partial charge in [-0.3, -0.25) is 0 Å². The third-order valence-electron chi connectivity index (χ3n) is 10.1. The van der Waals surface area contributed by atoms with Crippen LogP contribution in [0.4, 0.5) is 26.3 Å². The second-order valence-electron chi connectivity index (χ2n) is 13.1. The fraction of sp³-hybridized carbons (Fsp3) is 0.167. The molecule has 0 saturated heterocycles. The molecule has 52 heavy (non-hydrogen) atoms. The number of para-hydroxylation sites is 1. The number of halogens is 6. The molecule has 3 nitrogen and oxygen atoms in total. The molecule has 0 bridgehead atoms. The second kappa shape index (κ2) is 11.8. The number of nitrogens with zero attached hydrogens (tertiary/aromatic N) is 2. The van der Waals surface area contributed by atoms with Crippen LogP contribution < -0.4 is 0 Å². The lowest BCUT2D eigenvalue weighted by atomic mass is 9.90. The predicted octanol–water partition coefficient (Wildman–Crippen LogP) is 12.4. The van der Waals surface area contributed by atoms with E-state index in [1.807, 2.05) is 72.8 Å². The molecule has 0 amide bonds. The molecule has 0 unspecified atom stereocenters. The molecule has 1 N–H and O–H groups in total. The third kappa shape index (κ3) is 4.76. The molecule has 0 fully saturated rings. The number of thiophene rings is 1. The van der Waals surface area contributed by atoms with Gasteiger partial charge < -0.3 is 9.55 Å². The standard InChI is InChI=1S/C42H31F6N3S/c1-23-32(34-35(41(45,46)42(47,48)40(34,43)44)33-24(2)51(4)31-18-12-11-17-30(31)33)25(3)52-38(23)28-19-21-29(22-20-28)39-49-36(26-13-7-5-8-14-26)37(50-39)27-15-9-6-10-16-27/h5-22H,1-4H3,(H,49,50). The molecule has 0 saturated carbocycles. The van der Waals surface area contributed by atoms with Crippen molar-refractivity contribution in [3.05, 3.63) is 136 Å². The van der Waals surface area contributed by atoms with Crippen molar-refractivity contribution < 1.29 is 26.3 Å². The Bertz CT molecular complexity index is 2470. The summed E-state index contributed by atoms with van der Waals surface area (Å²) in [5.74, 6) is -15.3. The average molecular weight is 724 g/mol. The summed E-state index contributed by atoms with van der Waals surface area (Å²) in [5, 5.41) is 0.202. The Morgan fingerprint density at radius 2 is 1.15 bits per heavy atom. The minimum atomic E-state index is -5.66. The van der Waals surface area contributed by atoms with E-state index in [2.05, 4.69) is 4.98 Å². The molecule has 3 aromatic heterocycles. The minimum Gasteiger partial charge on any atom is -0.347 e. The summed E-state index contributed by atoms with van der Waals surface area (Å²) in [7, 11) is 1.60. The molecular formula is C42H31F6N3S. The highest BCUT2D eigenvalue weighted by atomic mass is 32.1. The molecule has 7 aromatic rings. The van der Waals surface area contributed by atoms with Crippen LogP contribution in [0.2, 0.25) is 0 Å². The van der Waals surface area contributed by atoms with E-state index in [1.165, 1.54) is 26.8 Å². The van der Waals surface area contributed by atoms with Gasteiger partial charge in [-0.2, -0.15) is 26.3 Å². The van der Waals surface area contributed by atoms with E-state index in [9.17, 15) is 0 Å². The number of nitrogens with one attached hydrogen (secondary N) is 1. The van der Waals surface area contributed by atoms with Gasteiger partial charge in [-0.25, -0.2) is 4.98 Å². The number of aromatic nitrogens is 3. The average Bonchev–Trinajstić information content (AvgIpc) is 3.81. The van der Waals surface area contributed by atoms with Gasteiger partial charge in [-0.1, -0.05) is 103 Å². The zero-order valence-electron chi connectivity index (χ0n) is 28.5. The van der Waals surface area contributed by atoms with Crippen molar-refractivity contribution in [1.82, 2.24) is 14.5 Å². The van der Waals surface area contributed by atoms with Crippen molar-refractivity contribution >= 4 is 33.4 Å². The number of hydrogen-bond donors (Lipinski definition) is 1. The summed E-state index contributed by atoms with van der Waals surface area (Å²) in [6.07, 6.45) is 0. The number of fused-ring (bicyclic) bond motifs is 1. The van der Waals surface area contributed by atoms with Gasteiger partial charge in [0, 0.05) is 72.4 Å². The van der Waals surface area contributed by atoms with Crippen molar-refractivity contribution in [2.24, 2.45) is 7.05 Å². The third-order valence-corrected chi connectivity index (χ3v) is 11.4. The highest BCUT2D eigenvalue weighted by Crippen LogP contribution is 2.66. The van der Waals surface area contributed by atoms with E-state index in [0.717, 1.165) is 39.4 Å². The lowest BCUT2D eigenvalue weighted by Crippen LogP contribution is -2.49. The summed E-state index contributed by atoms with van der Waals surface area (Å²) < 4.78 is 96.4. The van der Waals surface area contributed by atoms with Crippen LogP contribution in [0, 0.1) is 20.8 Å². The van der Waals surface area contributed by atoms with Crippen LogP contribution in [-0.2, 0) is 7.05 Å². The number of aryl methyl sites for hydroxylation is 2. The Morgan fingerprint density at radius 1 is 0.615 bits per heavy atom. The molecule has 0 radical (unpaired) electrons. The molecule has 0 aliphatic heterocycles. The molecule has 1 aliphatic rings. The minimum absolute atomic E-state index is 0.187. The maximum Gasteiger partial charge on any atom is 0.380 e. The molecule has 0 spiro atoms. The van der Waals surface area contributed by atoms with Gasteiger partial charge in [0.05, 0.1) is 11.4 Å². The second-order valence-corrected chi connectivity index (χ2v) is 14.3.